The largest absolute Gasteiger partial charge is 0.466 e. The maximum atomic E-state index is 11.2. The van der Waals surface area contributed by atoms with E-state index in [0.29, 0.717) is 13.0 Å². The van der Waals surface area contributed by atoms with Gasteiger partial charge in [-0.15, -0.1) is 0 Å². The fraction of sp³-hybridized carbons (Fsp3) is 0.750. The number of aliphatic hydroxyl groups is 1. The number of allylic oxidation sites excluding steroid dienone is 1. The molecule has 15 heavy (non-hydrogen) atoms. The lowest BCUT2D eigenvalue weighted by Crippen LogP contribution is -2.06. The molecule has 0 unspecified atom stereocenters. The van der Waals surface area contributed by atoms with Crippen LogP contribution >= 0.6 is 0 Å². The van der Waals surface area contributed by atoms with E-state index in [1.807, 2.05) is 12.2 Å². The van der Waals surface area contributed by atoms with Crippen LogP contribution < -0.4 is 0 Å². The highest BCUT2D eigenvalue weighted by Crippen LogP contribution is 2.08. The van der Waals surface area contributed by atoms with Gasteiger partial charge in [0.15, 0.2) is 0 Å². The topological polar surface area (TPSA) is 46.5 Å². The quantitative estimate of drug-likeness (QED) is 0.494. The average Bonchev–Trinajstić information content (AvgIpc) is 2.23. The lowest BCUT2D eigenvalue weighted by molar-refractivity contribution is -0.143. The van der Waals surface area contributed by atoms with E-state index in [4.69, 9.17) is 4.74 Å². The fourth-order valence-electron chi connectivity index (χ4n) is 1.59. The minimum absolute atomic E-state index is 0.100. The van der Waals surface area contributed by atoms with E-state index < -0.39 is 0 Å². The van der Waals surface area contributed by atoms with Crippen molar-refractivity contribution in [3.8, 4) is 0 Å². The summed E-state index contributed by atoms with van der Waals surface area (Å²) in [6.45, 7) is 0.537. The Bertz CT molecular complexity index is 211. The van der Waals surface area contributed by atoms with Gasteiger partial charge in [-0.05, 0) is 38.5 Å². The lowest BCUT2D eigenvalue weighted by atomic mass is 10.1. The van der Waals surface area contributed by atoms with Crippen LogP contribution in [0.4, 0.5) is 0 Å². The maximum absolute atomic E-state index is 11.2. The van der Waals surface area contributed by atoms with Crippen molar-refractivity contribution < 1.29 is 14.6 Å². The van der Waals surface area contributed by atoms with E-state index in [1.54, 1.807) is 0 Å². The smallest absolute Gasteiger partial charge is 0.305 e. The van der Waals surface area contributed by atoms with Crippen LogP contribution in [0.3, 0.4) is 0 Å². The van der Waals surface area contributed by atoms with Crippen LogP contribution in [0, 0.1) is 0 Å². The molecule has 0 bridgehead atoms. The van der Waals surface area contributed by atoms with Crippen LogP contribution in [0.2, 0.25) is 0 Å². The standard InChI is InChI=1S/C12H20O3/c13-11-7-3-1-2-6-10-15-12(14)9-5-4-8-11/h3,7,11,13H,1-2,4-6,8-10H2/b7-3+/t11-/m1/s1. The lowest BCUT2D eigenvalue weighted by Gasteiger charge is -2.04. The second kappa shape index (κ2) is 7.46. The van der Waals surface area contributed by atoms with E-state index in [0.717, 1.165) is 38.5 Å². The van der Waals surface area contributed by atoms with Crippen molar-refractivity contribution in [2.75, 3.05) is 6.61 Å². The molecule has 0 saturated carbocycles. The first-order valence-corrected chi connectivity index (χ1v) is 5.79. The van der Waals surface area contributed by atoms with Gasteiger partial charge in [0.25, 0.3) is 0 Å². The monoisotopic (exact) mass is 212 g/mol. The van der Waals surface area contributed by atoms with Gasteiger partial charge in [0.1, 0.15) is 0 Å². The van der Waals surface area contributed by atoms with Crippen LogP contribution in [0.5, 0.6) is 0 Å². The van der Waals surface area contributed by atoms with Crippen LogP contribution in [-0.2, 0) is 9.53 Å². The van der Waals surface area contributed by atoms with Gasteiger partial charge in [-0.25, -0.2) is 0 Å². The maximum Gasteiger partial charge on any atom is 0.305 e. The molecule has 1 aliphatic rings. The molecule has 0 aromatic carbocycles. The van der Waals surface area contributed by atoms with Crippen molar-refractivity contribution in [1.82, 2.24) is 0 Å². The number of ether oxygens (including phenoxy) is 1. The molecule has 0 amide bonds. The van der Waals surface area contributed by atoms with E-state index in [2.05, 4.69) is 0 Å². The molecule has 0 aromatic rings. The van der Waals surface area contributed by atoms with Crippen molar-refractivity contribution in [2.24, 2.45) is 0 Å². The number of hydrogen-bond acceptors (Lipinski definition) is 3. The summed E-state index contributed by atoms with van der Waals surface area (Å²) in [7, 11) is 0. The molecule has 0 aliphatic carbocycles. The van der Waals surface area contributed by atoms with Crippen molar-refractivity contribution in [1.29, 1.82) is 0 Å². The predicted octanol–water partition coefficient (Wildman–Crippen LogP) is 2.19. The predicted molar refractivity (Wildman–Crippen MR) is 58.4 cm³/mol. The number of aliphatic hydroxyl groups excluding tert-OH is 1. The molecule has 1 atom stereocenters. The highest BCUT2D eigenvalue weighted by atomic mass is 16.5. The molecule has 1 N–H and O–H groups in total. The zero-order chi connectivity index (χ0) is 10.9. The SMILES string of the molecule is O=C1CCCC[C@H](O)/C=C/CCCCO1. The summed E-state index contributed by atoms with van der Waals surface area (Å²) < 4.78 is 5.06. The molecular weight excluding hydrogens is 192 g/mol. The first-order valence-electron chi connectivity index (χ1n) is 5.79. The Labute approximate surface area is 91.1 Å². The molecule has 1 heterocycles. The zero-order valence-corrected chi connectivity index (χ0v) is 9.15. The first kappa shape index (κ1) is 12.2. The van der Waals surface area contributed by atoms with E-state index in [9.17, 15) is 9.90 Å². The molecular formula is C12H20O3. The normalized spacial score (nSPS) is 28.1. The number of cyclic esters (lactones) is 1. The molecule has 1 aliphatic heterocycles. The summed E-state index contributed by atoms with van der Waals surface area (Å²) in [5.74, 6) is -0.100. The zero-order valence-electron chi connectivity index (χ0n) is 9.15. The molecule has 0 fully saturated rings. The van der Waals surface area contributed by atoms with E-state index >= 15 is 0 Å². The summed E-state index contributed by atoms with van der Waals surface area (Å²) in [5.41, 5.74) is 0. The summed E-state index contributed by atoms with van der Waals surface area (Å²) in [6.07, 6.45) is 9.31. The van der Waals surface area contributed by atoms with Crippen molar-refractivity contribution in [2.45, 2.75) is 51.0 Å². The molecule has 0 saturated heterocycles. The number of hydrogen-bond donors (Lipinski definition) is 1. The number of esters is 1. The fourth-order valence-corrected chi connectivity index (χ4v) is 1.59. The molecule has 3 nitrogen and oxygen atoms in total. The van der Waals surface area contributed by atoms with E-state index in [1.165, 1.54) is 0 Å². The molecule has 0 spiro atoms. The summed E-state index contributed by atoms with van der Waals surface area (Å²) in [5, 5.41) is 9.53. The Kier molecular flexibility index (Phi) is 6.09. The van der Waals surface area contributed by atoms with Gasteiger partial charge in [0.05, 0.1) is 12.7 Å². The van der Waals surface area contributed by atoms with Gasteiger partial charge in [0.2, 0.25) is 0 Å². The van der Waals surface area contributed by atoms with Crippen LogP contribution in [-0.4, -0.2) is 23.8 Å². The summed E-state index contributed by atoms with van der Waals surface area (Å²) in [6, 6.07) is 0. The third-order valence-electron chi connectivity index (χ3n) is 2.52. The summed E-state index contributed by atoms with van der Waals surface area (Å²) in [4.78, 5) is 11.2. The number of rotatable bonds is 0. The van der Waals surface area contributed by atoms with Gasteiger partial charge in [-0.2, -0.15) is 0 Å². The van der Waals surface area contributed by atoms with Crippen molar-refractivity contribution >= 4 is 5.97 Å². The number of carbonyl (C=O) groups is 1. The van der Waals surface area contributed by atoms with Crippen LogP contribution in [0.1, 0.15) is 44.9 Å². The Morgan fingerprint density at radius 1 is 1.27 bits per heavy atom. The van der Waals surface area contributed by atoms with Gasteiger partial charge >= 0.3 is 5.97 Å². The highest BCUT2D eigenvalue weighted by molar-refractivity contribution is 5.69. The molecule has 0 aromatic heterocycles. The van der Waals surface area contributed by atoms with E-state index in [-0.39, 0.29) is 12.1 Å². The van der Waals surface area contributed by atoms with Crippen molar-refractivity contribution in [3.63, 3.8) is 0 Å². The van der Waals surface area contributed by atoms with Gasteiger partial charge in [0, 0.05) is 6.42 Å². The highest BCUT2D eigenvalue weighted by Gasteiger charge is 2.05. The molecule has 86 valence electrons. The van der Waals surface area contributed by atoms with Gasteiger partial charge in [-0.3, -0.25) is 4.79 Å². The third-order valence-corrected chi connectivity index (χ3v) is 2.52. The summed E-state index contributed by atoms with van der Waals surface area (Å²) >= 11 is 0. The number of carbonyl (C=O) groups excluding carboxylic acids is 1. The van der Waals surface area contributed by atoms with Gasteiger partial charge < -0.3 is 9.84 Å². The Morgan fingerprint density at radius 3 is 3.00 bits per heavy atom. The molecule has 3 heteroatoms. The molecule has 1 rings (SSSR count). The molecule has 0 radical (unpaired) electrons. The second-order valence-electron chi connectivity index (χ2n) is 3.96. The first-order chi connectivity index (χ1) is 7.29. The Hall–Kier alpha value is -0.830. The second-order valence-corrected chi connectivity index (χ2v) is 3.96. The average molecular weight is 212 g/mol. The van der Waals surface area contributed by atoms with Crippen molar-refractivity contribution in [3.05, 3.63) is 12.2 Å². The van der Waals surface area contributed by atoms with Crippen LogP contribution in [0.15, 0.2) is 12.2 Å². The third kappa shape index (κ3) is 6.28. The Morgan fingerprint density at radius 2 is 2.13 bits per heavy atom. The van der Waals surface area contributed by atoms with Crippen LogP contribution in [0.25, 0.3) is 0 Å². The Balaban J connectivity index is 2.32. The van der Waals surface area contributed by atoms with Gasteiger partial charge in [-0.1, -0.05) is 12.2 Å². The minimum atomic E-state index is -0.346. The minimum Gasteiger partial charge on any atom is -0.466 e.